The van der Waals surface area contributed by atoms with Gasteiger partial charge in [-0.15, -0.1) is 0 Å². The summed E-state index contributed by atoms with van der Waals surface area (Å²) >= 11 is 3.38. The number of benzene rings is 1. The van der Waals surface area contributed by atoms with Crippen molar-refractivity contribution in [3.05, 3.63) is 34.8 Å². The van der Waals surface area contributed by atoms with Crippen LogP contribution in [-0.2, 0) is 16.1 Å². The number of hydrogen-bond donors (Lipinski definition) is 1. The maximum atomic E-state index is 11.4. The Balaban J connectivity index is 2.21. The molecule has 0 radical (unpaired) electrons. The topological polar surface area (TPSA) is 70.1 Å². The third kappa shape index (κ3) is 3.35. The molecule has 100 valence electrons. The maximum absolute atomic E-state index is 11.4. The third-order valence-corrected chi connectivity index (χ3v) is 3.06. The second kappa shape index (κ2) is 5.88. The number of nitrogen functional groups attached to an aromatic ring is 1. The van der Waals surface area contributed by atoms with Gasteiger partial charge < -0.3 is 10.5 Å². The van der Waals surface area contributed by atoms with Gasteiger partial charge in [-0.1, -0.05) is 28.1 Å². The summed E-state index contributed by atoms with van der Waals surface area (Å²) in [4.78, 5) is 11.4. The first kappa shape index (κ1) is 13.6. The van der Waals surface area contributed by atoms with Crippen LogP contribution in [0.25, 0.3) is 11.3 Å². The molecule has 19 heavy (non-hydrogen) atoms. The van der Waals surface area contributed by atoms with Crippen molar-refractivity contribution >= 4 is 27.7 Å². The van der Waals surface area contributed by atoms with E-state index >= 15 is 0 Å². The second-order valence-electron chi connectivity index (χ2n) is 3.92. The zero-order valence-electron chi connectivity index (χ0n) is 10.5. The molecule has 1 aromatic heterocycles. The first-order valence-corrected chi connectivity index (χ1v) is 6.64. The van der Waals surface area contributed by atoms with Gasteiger partial charge in [0, 0.05) is 16.1 Å². The van der Waals surface area contributed by atoms with Crippen molar-refractivity contribution in [2.75, 3.05) is 12.3 Å². The summed E-state index contributed by atoms with van der Waals surface area (Å²) in [6.45, 7) is 2.13. The summed E-state index contributed by atoms with van der Waals surface area (Å²) in [6.07, 6.45) is 0. The van der Waals surface area contributed by atoms with Crippen molar-refractivity contribution in [2.45, 2.75) is 13.5 Å². The fourth-order valence-electron chi connectivity index (χ4n) is 1.65. The van der Waals surface area contributed by atoms with Crippen LogP contribution in [0.4, 0.5) is 5.82 Å². The molecule has 0 aliphatic carbocycles. The highest BCUT2D eigenvalue weighted by Crippen LogP contribution is 2.22. The molecule has 0 unspecified atom stereocenters. The lowest BCUT2D eigenvalue weighted by molar-refractivity contribution is -0.143. The molecule has 0 fully saturated rings. The number of carbonyl (C=O) groups excluding carboxylic acids is 1. The minimum Gasteiger partial charge on any atom is -0.465 e. The predicted octanol–water partition coefficient (Wildman–Crippen LogP) is 2.46. The Kier molecular flexibility index (Phi) is 4.21. The van der Waals surface area contributed by atoms with Crippen molar-refractivity contribution in [1.82, 2.24) is 9.78 Å². The molecular formula is C13H14BrN3O2. The van der Waals surface area contributed by atoms with Crippen LogP contribution in [0, 0.1) is 0 Å². The Morgan fingerprint density at radius 2 is 2.11 bits per heavy atom. The Morgan fingerprint density at radius 1 is 1.42 bits per heavy atom. The number of nitrogens with zero attached hydrogens (tertiary/aromatic N) is 2. The Bertz CT molecular complexity index is 578. The van der Waals surface area contributed by atoms with E-state index < -0.39 is 0 Å². The molecule has 0 aliphatic heterocycles. The Hall–Kier alpha value is -1.82. The number of halogens is 1. The lowest BCUT2D eigenvalue weighted by Crippen LogP contribution is -2.16. The van der Waals surface area contributed by atoms with Gasteiger partial charge in [-0.25, -0.2) is 4.68 Å². The molecule has 2 aromatic rings. The van der Waals surface area contributed by atoms with Crippen LogP contribution in [0.5, 0.6) is 0 Å². The predicted molar refractivity (Wildman–Crippen MR) is 76.4 cm³/mol. The summed E-state index contributed by atoms with van der Waals surface area (Å²) < 4.78 is 7.31. The average Bonchev–Trinajstić information content (AvgIpc) is 2.72. The van der Waals surface area contributed by atoms with Crippen LogP contribution >= 0.6 is 15.9 Å². The van der Waals surface area contributed by atoms with Crippen molar-refractivity contribution < 1.29 is 9.53 Å². The molecule has 0 atom stereocenters. The van der Waals surface area contributed by atoms with E-state index in [0.29, 0.717) is 12.4 Å². The molecule has 5 nitrogen and oxygen atoms in total. The fourth-order valence-corrected chi connectivity index (χ4v) is 1.91. The highest BCUT2D eigenvalue weighted by Gasteiger charge is 2.11. The van der Waals surface area contributed by atoms with Gasteiger partial charge in [0.2, 0.25) is 0 Å². The van der Waals surface area contributed by atoms with Gasteiger partial charge in [0.15, 0.2) is 0 Å². The van der Waals surface area contributed by atoms with Crippen molar-refractivity contribution in [1.29, 1.82) is 0 Å². The van der Waals surface area contributed by atoms with Crippen LogP contribution in [0.2, 0.25) is 0 Å². The molecule has 2 rings (SSSR count). The number of hydrogen-bond acceptors (Lipinski definition) is 4. The normalized spacial score (nSPS) is 10.4. The molecule has 0 saturated heterocycles. The smallest absolute Gasteiger partial charge is 0.327 e. The van der Waals surface area contributed by atoms with Gasteiger partial charge in [0.05, 0.1) is 12.3 Å². The average molecular weight is 324 g/mol. The van der Waals surface area contributed by atoms with Gasteiger partial charge in [-0.2, -0.15) is 5.10 Å². The lowest BCUT2D eigenvalue weighted by Gasteiger charge is -2.03. The SMILES string of the molecule is CCOC(=O)Cn1nc(-c2ccc(Br)cc2)cc1N. The summed E-state index contributed by atoms with van der Waals surface area (Å²) in [5.74, 6) is 0.0885. The summed E-state index contributed by atoms with van der Waals surface area (Å²) in [6, 6.07) is 9.45. The first-order valence-electron chi connectivity index (χ1n) is 5.85. The highest BCUT2D eigenvalue weighted by atomic mass is 79.9. The maximum Gasteiger partial charge on any atom is 0.327 e. The highest BCUT2D eigenvalue weighted by molar-refractivity contribution is 9.10. The molecule has 0 saturated carbocycles. The first-order chi connectivity index (χ1) is 9.10. The number of rotatable bonds is 4. The van der Waals surface area contributed by atoms with E-state index in [-0.39, 0.29) is 12.5 Å². The van der Waals surface area contributed by atoms with E-state index in [2.05, 4.69) is 21.0 Å². The Labute approximate surface area is 119 Å². The zero-order valence-corrected chi connectivity index (χ0v) is 12.1. The summed E-state index contributed by atoms with van der Waals surface area (Å²) in [7, 11) is 0. The van der Waals surface area contributed by atoms with Crippen molar-refractivity contribution in [2.24, 2.45) is 0 Å². The lowest BCUT2D eigenvalue weighted by atomic mass is 10.2. The quantitative estimate of drug-likeness (QED) is 0.877. The summed E-state index contributed by atoms with van der Waals surface area (Å²) in [5.41, 5.74) is 7.51. The van der Waals surface area contributed by atoms with Gasteiger partial charge in [-0.3, -0.25) is 4.79 Å². The number of esters is 1. The molecule has 6 heteroatoms. The minimum atomic E-state index is -0.348. The van der Waals surface area contributed by atoms with Crippen molar-refractivity contribution in [3.63, 3.8) is 0 Å². The van der Waals surface area contributed by atoms with E-state index in [9.17, 15) is 4.79 Å². The Morgan fingerprint density at radius 3 is 2.74 bits per heavy atom. The van der Waals surface area contributed by atoms with Crippen LogP contribution in [0.15, 0.2) is 34.8 Å². The molecule has 0 spiro atoms. The molecule has 1 aromatic carbocycles. The molecule has 0 bridgehead atoms. The largest absolute Gasteiger partial charge is 0.465 e. The van der Waals surface area contributed by atoms with Gasteiger partial charge in [0.1, 0.15) is 12.4 Å². The number of carbonyl (C=O) groups is 1. The van der Waals surface area contributed by atoms with E-state index in [4.69, 9.17) is 10.5 Å². The standard InChI is InChI=1S/C13H14BrN3O2/c1-2-19-13(18)8-17-12(15)7-11(16-17)9-3-5-10(14)6-4-9/h3-7H,2,8,15H2,1H3. The van der Waals surface area contributed by atoms with Crippen LogP contribution < -0.4 is 5.73 Å². The van der Waals surface area contributed by atoms with Gasteiger partial charge >= 0.3 is 5.97 Å². The van der Waals surface area contributed by atoms with E-state index in [1.54, 1.807) is 13.0 Å². The molecular weight excluding hydrogens is 310 g/mol. The van der Waals surface area contributed by atoms with Crippen LogP contribution in [-0.4, -0.2) is 22.4 Å². The molecule has 2 N–H and O–H groups in total. The summed E-state index contributed by atoms with van der Waals surface area (Å²) in [5, 5.41) is 4.31. The van der Waals surface area contributed by atoms with E-state index in [1.807, 2.05) is 24.3 Å². The second-order valence-corrected chi connectivity index (χ2v) is 4.84. The van der Waals surface area contributed by atoms with E-state index in [0.717, 1.165) is 15.7 Å². The third-order valence-electron chi connectivity index (χ3n) is 2.54. The number of nitrogens with two attached hydrogens (primary N) is 1. The van der Waals surface area contributed by atoms with Crippen molar-refractivity contribution in [3.8, 4) is 11.3 Å². The molecule has 0 amide bonds. The van der Waals surface area contributed by atoms with Crippen LogP contribution in [0.1, 0.15) is 6.92 Å². The minimum absolute atomic E-state index is 0.0240. The number of anilines is 1. The fraction of sp³-hybridized carbons (Fsp3) is 0.231. The molecule has 0 aliphatic rings. The van der Waals surface area contributed by atoms with Gasteiger partial charge in [0.25, 0.3) is 0 Å². The zero-order chi connectivity index (χ0) is 13.8. The van der Waals surface area contributed by atoms with Crippen LogP contribution in [0.3, 0.4) is 0 Å². The number of ether oxygens (including phenoxy) is 1. The van der Waals surface area contributed by atoms with E-state index in [1.165, 1.54) is 4.68 Å². The molecule has 1 heterocycles. The monoisotopic (exact) mass is 323 g/mol. The van der Waals surface area contributed by atoms with Gasteiger partial charge in [-0.05, 0) is 19.1 Å². The number of aromatic nitrogens is 2.